The van der Waals surface area contributed by atoms with Crippen molar-refractivity contribution in [3.8, 4) is 28.7 Å². The number of rotatable bonds is 5. The fourth-order valence-electron chi connectivity index (χ4n) is 1.63. The fourth-order valence-corrected chi connectivity index (χ4v) is 1.63. The van der Waals surface area contributed by atoms with Crippen molar-refractivity contribution < 1.29 is 23.8 Å². The van der Waals surface area contributed by atoms with Crippen LogP contribution in [0.5, 0.6) is 17.2 Å². The molecule has 1 aromatic carbocycles. The van der Waals surface area contributed by atoms with Crippen molar-refractivity contribution in [2.75, 3.05) is 21.3 Å². The Balaban J connectivity index is 2.59. The molecular weight excluding hydrogens is 252 g/mol. The number of hydrogen-bond donors (Lipinski definition) is 0. The lowest BCUT2D eigenvalue weighted by Crippen LogP contribution is -1.95. The van der Waals surface area contributed by atoms with Crippen LogP contribution >= 0.6 is 0 Å². The number of methoxy groups -OCH3 is 3. The van der Waals surface area contributed by atoms with Gasteiger partial charge in [-0.15, -0.1) is 0 Å². The highest BCUT2D eigenvalue weighted by molar-refractivity contribution is 5.72. The Morgan fingerprint density at radius 2 is 1.74 bits per heavy atom. The summed E-state index contributed by atoms with van der Waals surface area (Å²) in [5, 5.41) is 14.3. The molecular formula is C12H13N2O5. The summed E-state index contributed by atoms with van der Waals surface area (Å²) in [4.78, 5) is 3.98. The topological polar surface area (TPSA) is 86.5 Å². The molecule has 0 fully saturated rings. The van der Waals surface area contributed by atoms with Crippen LogP contribution in [0, 0.1) is 0 Å². The van der Waals surface area contributed by atoms with Gasteiger partial charge in [-0.1, -0.05) is 5.16 Å². The van der Waals surface area contributed by atoms with Crippen molar-refractivity contribution in [2.24, 2.45) is 0 Å². The fraction of sp³-hybridized carbons (Fsp3) is 0.333. The van der Waals surface area contributed by atoms with Crippen LogP contribution in [0.1, 0.15) is 5.82 Å². The van der Waals surface area contributed by atoms with E-state index < -0.39 is 6.61 Å². The van der Waals surface area contributed by atoms with Crippen LogP contribution in [0.4, 0.5) is 0 Å². The maximum atomic E-state index is 10.7. The van der Waals surface area contributed by atoms with Crippen LogP contribution in [0.15, 0.2) is 16.7 Å². The van der Waals surface area contributed by atoms with Crippen LogP contribution in [0.3, 0.4) is 0 Å². The summed E-state index contributed by atoms with van der Waals surface area (Å²) in [5.41, 5.74) is 0.484. The number of hydrogen-bond acceptors (Lipinski definition) is 6. The van der Waals surface area contributed by atoms with Crippen molar-refractivity contribution in [3.05, 3.63) is 18.0 Å². The highest BCUT2D eigenvalue weighted by Gasteiger charge is 2.20. The molecule has 7 nitrogen and oxygen atoms in total. The highest BCUT2D eigenvalue weighted by Crippen LogP contribution is 2.40. The van der Waals surface area contributed by atoms with Crippen molar-refractivity contribution in [1.29, 1.82) is 0 Å². The maximum absolute atomic E-state index is 10.7. The van der Waals surface area contributed by atoms with E-state index in [1.54, 1.807) is 12.1 Å². The molecule has 0 aliphatic heterocycles. The zero-order chi connectivity index (χ0) is 13.8. The zero-order valence-corrected chi connectivity index (χ0v) is 10.8. The van der Waals surface area contributed by atoms with Gasteiger partial charge >= 0.3 is 0 Å². The van der Waals surface area contributed by atoms with E-state index in [4.69, 9.17) is 18.7 Å². The Morgan fingerprint density at radius 1 is 1.11 bits per heavy atom. The normalized spacial score (nSPS) is 10.3. The van der Waals surface area contributed by atoms with E-state index in [0.717, 1.165) is 0 Å². The van der Waals surface area contributed by atoms with E-state index in [9.17, 15) is 5.11 Å². The Morgan fingerprint density at radius 3 is 2.16 bits per heavy atom. The molecule has 1 radical (unpaired) electrons. The van der Waals surface area contributed by atoms with Crippen LogP contribution in [0.2, 0.25) is 0 Å². The quantitative estimate of drug-likeness (QED) is 0.817. The first-order valence-electron chi connectivity index (χ1n) is 5.44. The second-order valence-corrected chi connectivity index (χ2v) is 3.57. The van der Waals surface area contributed by atoms with E-state index in [-0.39, 0.29) is 11.7 Å². The highest BCUT2D eigenvalue weighted by atomic mass is 16.5. The smallest absolute Gasteiger partial charge is 0.265 e. The lowest BCUT2D eigenvalue weighted by molar-refractivity contribution is 0.166. The Kier molecular flexibility index (Phi) is 3.86. The largest absolute Gasteiger partial charge is 0.496 e. The molecule has 0 amide bonds. The van der Waals surface area contributed by atoms with Gasteiger partial charge in [-0.2, -0.15) is 4.98 Å². The second kappa shape index (κ2) is 5.57. The molecule has 7 heteroatoms. The van der Waals surface area contributed by atoms with Crippen molar-refractivity contribution in [2.45, 2.75) is 6.61 Å². The molecule has 101 valence electrons. The molecule has 0 aliphatic carbocycles. The Labute approximate surface area is 109 Å². The van der Waals surface area contributed by atoms with Gasteiger partial charge in [0.15, 0.2) is 0 Å². The van der Waals surface area contributed by atoms with E-state index >= 15 is 0 Å². The summed E-state index contributed by atoms with van der Waals surface area (Å²) >= 11 is 0. The third-order valence-electron chi connectivity index (χ3n) is 2.53. The van der Waals surface area contributed by atoms with Crippen molar-refractivity contribution in [3.63, 3.8) is 0 Å². The van der Waals surface area contributed by atoms with E-state index in [1.165, 1.54) is 21.3 Å². The SMILES string of the molecule is COc1cc(OC)c(-c2nc(C[O])no2)c(OC)c1. The predicted octanol–water partition coefficient (Wildman–Crippen LogP) is 1.69. The summed E-state index contributed by atoms with van der Waals surface area (Å²) in [6.07, 6.45) is 0. The number of aromatic nitrogens is 2. The number of benzene rings is 1. The molecule has 1 aromatic heterocycles. The van der Waals surface area contributed by atoms with Crippen LogP contribution in [-0.2, 0) is 11.7 Å². The average molecular weight is 265 g/mol. The first kappa shape index (κ1) is 13.2. The Hall–Kier alpha value is -2.28. The molecule has 2 aromatic rings. The van der Waals surface area contributed by atoms with Gasteiger partial charge < -0.3 is 18.7 Å². The standard InChI is InChI=1S/C12H13N2O5/c1-16-7-4-8(17-2)11(9(5-7)18-3)12-13-10(6-15)14-19-12/h4-5H,6H2,1-3H3. The monoisotopic (exact) mass is 265 g/mol. The second-order valence-electron chi connectivity index (χ2n) is 3.57. The van der Waals surface area contributed by atoms with Gasteiger partial charge in [0.2, 0.25) is 5.82 Å². The lowest BCUT2D eigenvalue weighted by Gasteiger charge is -2.12. The van der Waals surface area contributed by atoms with Crippen molar-refractivity contribution >= 4 is 0 Å². The molecule has 0 aliphatic rings. The first-order valence-corrected chi connectivity index (χ1v) is 5.44. The number of ether oxygens (including phenoxy) is 3. The molecule has 2 rings (SSSR count). The van der Waals surface area contributed by atoms with Crippen molar-refractivity contribution in [1.82, 2.24) is 10.1 Å². The molecule has 0 saturated heterocycles. The lowest BCUT2D eigenvalue weighted by atomic mass is 10.1. The van der Waals surface area contributed by atoms with Gasteiger partial charge in [-0.05, 0) is 0 Å². The van der Waals surface area contributed by atoms with Gasteiger partial charge in [0.05, 0.1) is 21.3 Å². The molecule has 1 heterocycles. The number of nitrogens with zero attached hydrogens (tertiary/aromatic N) is 2. The molecule has 0 unspecified atom stereocenters. The van der Waals surface area contributed by atoms with E-state index in [1.807, 2.05) is 0 Å². The van der Waals surface area contributed by atoms with Crippen LogP contribution in [0.25, 0.3) is 11.5 Å². The molecule has 0 spiro atoms. The maximum Gasteiger partial charge on any atom is 0.265 e. The van der Waals surface area contributed by atoms with Gasteiger partial charge in [0.1, 0.15) is 29.4 Å². The minimum atomic E-state index is -0.551. The molecule has 0 bridgehead atoms. The van der Waals surface area contributed by atoms with Crippen LogP contribution < -0.4 is 14.2 Å². The van der Waals surface area contributed by atoms with Gasteiger partial charge in [0, 0.05) is 12.1 Å². The minimum Gasteiger partial charge on any atom is -0.496 e. The summed E-state index contributed by atoms with van der Waals surface area (Å²) < 4.78 is 20.7. The van der Waals surface area contributed by atoms with E-state index in [0.29, 0.717) is 22.8 Å². The molecule has 19 heavy (non-hydrogen) atoms. The molecule has 0 saturated carbocycles. The van der Waals surface area contributed by atoms with Crippen LogP contribution in [-0.4, -0.2) is 31.5 Å². The molecule has 0 N–H and O–H groups in total. The van der Waals surface area contributed by atoms with E-state index in [2.05, 4.69) is 10.1 Å². The summed E-state index contributed by atoms with van der Waals surface area (Å²) in [6.45, 7) is -0.551. The minimum absolute atomic E-state index is 0.0786. The van der Waals surface area contributed by atoms with Gasteiger partial charge in [-0.25, -0.2) is 5.11 Å². The Bertz CT molecular complexity index is 542. The molecule has 0 atom stereocenters. The third kappa shape index (κ3) is 2.45. The third-order valence-corrected chi connectivity index (χ3v) is 2.53. The predicted molar refractivity (Wildman–Crippen MR) is 63.8 cm³/mol. The van der Waals surface area contributed by atoms with Gasteiger partial charge in [-0.3, -0.25) is 0 Å². The zero-order valence-electron chi connectivity index (χ0n) is 10.8. The first-order chi connectivity index (χ1) is 9.23. The summed E-state index contributed by atoms with van der Waals surface area (Å²) in [7, 11) is 4.54. The summed E-state index contributed by atoms with van der Waals surface area (Å²) in [6, 6.07) is 3.33. The average Bonchev–Trinajstić information content (AvgIpc) is 2.94. The van der Waals surface area contributed by atoms with Gasteiger partial charge in [0.25, 0.3) is 5.89 Å². The summed E-state index contributed by atoms with van der Waals surface area (Å²) in [5.74, 6) is 1.73.